The number of benzene rings is 1. The lowest BCUT2D eigenvalue weighted by Crippen LogP contribution is -2.05. The molecule has 0 aliphatic rings. The van der Waals surface area contributed by atoms with Crippen LogP contribution < -0.4 is 10.4 Å². The van der Waals surface area contributed by atoms with E-state index in [-0.39, 0.29) is 11.6 Å². The standard InChI is InChI=1S/C31H39NO5/c1-23(2)30(33)36-20-13-11-9-7-5-4-6-8-10-12-19-35-28-17-16-25(21-24(28)3)27-22-26-15-14-18-32-29(26)37-31(27)34/h14-18,21-22H,1,4-13,19-20H2,2-3H3. The molecule has 37 heavy (non-hydrogen) atoms. The molecule has 2 heterocycles. The summed E-state index contributed by atoms with van der Waals surface area (Å²) in [6.07, 6.45) is 13.3. The Bertz CT molecular complexity index is 1230. The van der Waals surface area contributed by atoms with Crippen molar-refractivity contribution >= 4 is 17.1 Å². The maximum Gasteiger partial charge on any atom is 0.345 e. The van der Waals surface area contributed by atoms with Crippen molar-refractivity contribution < 1.29 is 18.7 Å². The fourth-order valence-electron chi connectivity index (χ4n) is 4.22. The van der Waals surface area contributed by atoms with E-state index in [1.807, 2.05) is 43.3 Å². The minimum Gasteiger partial charge on any atom is -0.493 e. The van der Waals surface area contributed by atoms with Gasteiger partial charge >= 0.3 is 11.6 Å². The van der Waals surface area contributed by atoms with Crippen LogP contribution in [0.1, 0.15) is 76.7 Å². The number of hydrogen-bond acceptors (Lipinski definition) is 6. The smallest absolute Gasteiger partial charge is 0.345 e. The van der Waals surface area contributed by atoms with Gasteiger partial charge in [-0.05, 0) is 68.1 Å². The molecule has 0 atom stereocenters. The largest absolute Gasteiger partial charge is 0.493 e. The number of aromatic nitrogens is 1. The molecule has 0 bridgehead atoms. The summed E-state index contributed by atoms with van der Waals surface area (Å²) in [4.78, 5) is 27.8. The molecule has 198 valence electrons. The molecule has 3 rings (SSSR count). The number of rotatable bonds is 16. The molecule has 0 saturated heterocycles. The Balaban J connectivity index is 1.26. The third-order valence-corrected chi connectivity index (χ3v) is 6.37. The predicted molar refractivity (Wildman–Crippen MR) is 148 cm³/mol. The van der Waals surface area contributed by atoms with E-state index in [9.17, 15) is 9.59 Å². The summed E-state index contributed by atoms with van der Waals surface area (Å²) < 4.78 is 16.5. The molecule has 6 nitrogen and oxygen atoms in total. The number of aryl methyl sites for hydroxylation is 1. The van der Waals surface area contributed by atoms with Gasteiger partial charge in [0.25, 0.3) is 0 Å². The molecule has 0 fully saturated rings. The van der Waals surface area contributed by atoms with Crippen molar-refractivity contribution in [2.45, 2.75) is 78.1 Å². The van der Waals surface area contributed by atoms with Crippen LogP contribution in [-0.2, 0) is 9.53 Å². The van der Waals surface area contributed by atoms with E-state index in [0.29, 0.717) is 30.1 Å². The Morgan fingerprint density at radius 2 is 1.57 bits per heavy atom. The fraction of sp³-hybridized carbons (Fsp3) is 0.452. The molecular formula is C31H39NO5. The van der Waals surface area contributed by atoms with Gasteiger partial charge in [-0.2, -0.15) is 0 Å². The van der Waals surface area contributed by atoms with Crippen LogP contribution in [-0.4, -0.2) is 24.2 Å². The second kappa shape index (κ2) is 15.0. The van der Waals surface area contributed by atoms with Crippen molar-refractivity contribution in [1.82, 2.24) is 4.98 Å². The molecule has 6 heteroatoms. The molecule has 0 unspecified atom stereocenters. The van der Waals surface area contributed by atoms with Crippen molar-refractivity contribution in [1.29, 1.82) is 0 Å². The van der Waals surface area contributed by atoms with Crippen molar-refractivity contribution in [3.63, 3.8) is 0 Å². The van der Waals surface area contributed by atoms with Gasteiger partial charge in [0.1, 0.15) is 5.75 Å². The first-order valence-corrected chi connectivity index (χ1v) is 13.4. The van der Waals surface area contributed by atoms with Crippen LogP contribution in [0.5, 0.6) is 5.75 Å². The maximum absolute atomic E-state index is 12.4. The number of carbonyl (C=O) groups excluding carboxylic acids is 1. The van der Waals surface area contributed by atoms with Crippen LogP contribution in [0.2, 0.25) is 0 Å². The molecule has 3 aromatic rings. The molecule has 2 aromatic heterocycles. The Hall–Kier alpha value is -3.41. The Morgan fingerprint density at radius 1 is 0.919 bits per heavy atom. The van der Waals surface area contributed by atoms with Gasteiger partial charge in [0, 0.05) is 17.2 Å². The minimum absolute atomic E-state index is 0.288. The maximum atomic E-state index is 12.4. The van der Waals surface area contributed by atoms with E-state index in [2.05, 4.69) is 11.6 Å². The van der Waals surface area contributed by atoms with Crippen LogP contribution in [0.15, 0.2) is 64.0 Å². The van der Waals surface area contributed by atoms with Gasteiger partial charge in [-0.25, -0.2) is 14.6 Å². The third-order valence-electron chi connectivity index (χ3n) is 6.37. The lowest BCUT2D eigenvalue weighted by molar-refractivity contribution is -0.139. The van der Waals surface area contributed by atoms with Crippen LogP contribution >= 0.6 is 0 Å². The van der Waals surface area contributed by atoms with E-state index in [1.165, 1.54) is 38.5 Å². The number of fused-ring (bicyclic) bond motifs is 1. The second-order valence-corrected chi connectivity index (χ2v) is 9.63. The van der Waals surface area contributed by atoms with E-state index in [4.69, 9.17) is 13.9 Å². The van der Waals surface area contributed by atoms with Crippen LogP contribution in [0.25, 0.3) is 22.2 Å². The van der Waals surface area contributed by atoms with Gasteiger partial charge in [-0.1, -0.05) is 64.0 Å². The molecule has 0 radical (unpaired) electrons. The van der Waals surface area contributed by atoms with E-state index in [0.717, 1.165) is 47.9 Å². The zero-order valence-electron chi connectivity index (χ0n) is 22.2. The number of unbranched alkanes of at least 4 members (excludes halogenated alkanes) is 9. The topological polar surface area (TPSA) is 78.6 Å². The summed E-state index contributed by atoms with van der Waals surface area (Å²) in [6.45, 7) is 8.44. The number of pyridine rings is 1. The number of esters is 1. The summed E-state index contributed by atoms with van der Waals surface area (Å²) in [5.41, 5.74) is 2.76. The average molecular weight is 506 g/mol. The van der Waals surface area contributed by atoms with Crippen molar-refractivity contribution in [3.8, 4) is 16.9 Å². The van der Waals surface area contributed by atoms with Crippen molar-refractivity contribution in [2.24, 2.45) is 0 Å². The summed E-state index contributed by atoms with van der Waals surface area (Å²) in [7, 11) is 0. The third kappa shape index (κ3) is 9.19. The van der Waals surface area contributed by atoms with Gasteiger partial charge < -0.3 is 13.9 Å². The zero-order chi connectivity index (χ0) is 26.5. The van der Waals surface area contributed by atoms with Gasteiger partial charge in [0.2, 0.25) is 5.71 Å². The molecule has 0 aliphatic carbocycles. The van der Waals surface area contributed by atoms with Crippen LogP contribution in [0, 0.1) is 6.92 Å². The predicted octanol–water partition coefficient (Wildman–Crippen LogP) is 7.56. The number of ether oxygens (including phenoxy) is 2. The van der Waals surface area contributed by atoms with Crippen molar-refractivity contribution in [3.05, 3.63) is 70.7 Å². The summed E-state index contributed by atoms with van der Waals surface area (Å²) in [5.74, 6) is 0.564. The zero-order valence-corrected chi connectivity index (χ0v) is 22.2. The van der Waals surface area contributed by atoms with Gasteiger partial charge in [0.05, 0.1) is 18.8 Å². The molecule has 0 amide bonds. The number of carbonyl (C=O) groups is 1. The molecule has 0 aliphatic heterocycles. The van der Waals surface area contributed by atoms with Crippen LogP contribution in [0.4, 0.5) is 0 Å². The Labute approximate surface area is 219 Å². The Morgan fingerprint density at radius 3 is 2.22 bits per heavy atom. The van der Waals surface area contributed by atoms with E-state index in [1.54, 1.807) is 13.1 Å². The normalized spacial score (nSPS) is 11.0. The molecular weight excluding hydrogens is 466 g/mol. The number of nitrogens with zero attached hydrogens (tertiary/aromatic N) is 1. The summed E-state index contributed by atoms with van der Waals surface area (Å²) in [6, 6.07) is 11.3. The SMILES string of the molecule is C=C(C)C(=O)OCCCCCCCCCCCCOc1ccc(-c2cc3cccnc3oc2=O)cc1C. The van der Waals surface area contributed by atoms with Crippen LogP contribution in [0.3, 0.4) is 0 Å². The molecule has 0 saturated carbocycles. The van der Waals surface area contributed by atoms with Gasteiger partial charge in [-0.3, -0.25) is 0 Å². The minimum atomic E-state index is -0.388. The highest BCUT2D eigenvalue weighted by Gasteiger charge is 2.10. The molecule has 1 aromatic carbocycles. The Kier molecular flexibility index (Phi) is 11.4. The van der Waals surface area contributed by atoms with Crippen molar-refractivity contribution in [2.75, 3.05) is 13.2 Å². The van der Waals surface area contributed by atoms with E-state index < -0.39 is 0 Å². The van der Waals surface area contributed by atoms with Gasteiger partial charge in [0.15, 0.2) is 0 Å². The fourth-order valence-corrected chi connectivity index (χ4v) is 4.22. The summed E-state index contributed by atoms with van der Waals surface area (Å²) in [5, 5.41) is 0.800. The highest BCUT2D eigenvalue weighted by Crippen LogP contribution is 2.26. The molecule has 0 N–H and O–H groups in total. The average Bonchev–Trinajstić information content (AvgIpc) is 2.89. The second-order valence-electron chi connectivity index (χ2n) is 9.63. The summed E-state index contributed by atoms with van der Waals surface area (Å²) >= 11 is 0. The van der Waals surface area contributed by atoms with E-state index >= 15 is 0 Å². The van der Waals surface area contributed by atoms with Gasteiger partial charge in [-0.15, -0.1) is 0 Å². The first-order chi connectivity index (χ1) is 18.0. The lowest BCUT2D eigenvalue weighted by atomic mass is 10.0. The number of hydrogen-bond donors (Lipinski definition) is 0. The quantitative estimate of drug-likeness (QED) is 0.114. The highest BCUT2D eigenvalue weighted by atomic mass is 16.5. The lowest BCUT2D eigenvalue weighted by Gasteiger charge is -2.11. The monoisotopic (exact) mass is 505 g/mol. The first-order valence-electron chi connectivity index (χ1n) is 13.4. The highest BCUT2D eigenvalue weighted by molar-refractivity contribution is 5.86. The molecule has 0 spiro atoms. The first kappa shape index (κ1) is 28.2.